The van der Waals surface area contributed by atoms with Crippen LogP contribution in [-0.4, -0.2) is 49.4 Å². The molecule has 17 heavy (non-hydrogen) atoms. The van der Waals surface area contributed by atoms with Gasteiger partial charge in [-0.25, -0.2) is 0 Å². The average molecular weight is 239 g/mol. The summed E-state index contributed by atoms with van der Waals surface area (Å²) in [5.41, 5.74) is 0. The highest BCUT2D eigenvalue weighted by molar-refractivity contribution is 5.86. The molecule has 0 aliphatic carbocycles. The second kappa shape index (κ2) is 5.49. The predicted molar refractivity (Wildman–Crippen MR) is 64.3 cm³/mol. The first-order chi connectivity index (χ1) is 8.18. The molecule has 5 heteroatoms. The van der Waals surface area contributed by atoms with Crippen molar-refractivity contribution in [3.8, 4) is 0 Å². The summed E-state index contributed by atoms with van der Waals surface area (Å²) in [6.07, 6.45) is 2.17. The fourth-order valence-electron chi connectivity index (χ4n) is 2.53. The van der Waals surface area contributed by atoms with Crippen molar-refractivity contribution in [3.63, 3.8) is 0 Å². The minimum absolute atomic E-state index is 0.00930. The molecule has 5 nitrogen and oxygen atoms in total. The average Bonchev–Trinajstić information content (AvgIpc) is 2.95. The zero-order valence-electron chi connectivity index (χ0n) is 10.4. The number of carbonyl (C=O) groups is 2. The highest BCUT2D eigenvalue weighted by Crippen LogP contribution is 2.15. The summed E-state index contributed by atoms with van der Waals surface area (Å²) in [6, 6.07) is 0. The molecule has 2 heterocycles. The van der Waals surface area contributed by atoms with E-state index in [1.165, 1.54) is 0 Å². The molecule has 0 aromatic carbocycles. The Morgan fingerprint density at radius 1 is 1.29 bits per heavy atom. The number of amides is 2. The van der Waals surface area contributed by atoms with Gasteiger partial charge in [0.15, 0.2) is 0 Å². The predicted octanol–water partition coefficient (Wildman–Crippen LogP) is -0.419. The third kappa shape index (κ3) is 2.97. The van der Waals surface area contributed by atoms with Crippen LogP contribution in [-0.2, 0) is 9.59 Å². The molecule has 0 aromatic heterocycles. The van der Waals surface area contributed by atoms with Crippen molar-refractivity contribution in [2.45, 2.75) is 19.8 Å². The van der Waals surface area contributed by atoms with Crippen molar-refractivity contribution in [1.82, 2.24) is 15.5 Å². The number of rotatable bonds is 3. The number of nitrogens with zero attached hydrogens (tertiary/aromatic N) is 1. The van der Waals surface area contributed by atoms with Crippen molar-refractivity contribution in [3.05, 3.63) is 0 Å². The van der Waals surface area contributed by atoms with Crippen LogP contribution in [0.25, 0.3) is 0 Å². The van der Waals surface area contributed by atoms with Gasteiger partial charge in [-0.2, -0.15) is 0 Å². The van der Waals surface area contributed by atoms with Crippen LogP contribution in [0.5, 0.6) is 0 Å². The van der Waals surface area contributed by atoms with E-state index in [0.717, 1.165) is 39.0 Å². The molecule has 2 rings (SSSR count). The number of hydrogen-bond donors (Lipinski definition) is 2. The fraction of sp³-hybridized carbons (Fsp3) is 0.833. The molecule has 2 atom stereocenters. The Labute approximate surface area is 102 Å². The van der Waals surface area contributed by atoms with Gasteiger partial charge in [0.05, 0.1) is 12.5 Å². The van der Waals surface area contributed by atoms with Gasteiger partial charge in [0.25, 0.3) is 0 Å². The van der Waals surface area contributed by atoms with Gasteiger partial charge < -0.3 is 15.5 Å². The van der Waals surface area contributed by atoms with Crippen molar-refractivity contribution in [2.75, 3.05) is 32.7 Å². The number of hydrogen-bond acceptors (Lipinski definition) is 3. The van der Waals surface area contributed by atoms with E-state index in [9.17, 15) is 9.59 Å². The molecule has 0 spiro atoms. The molecule has 0 unspecified atom stereocenters. The third-order valence-corrected chi connectivity index (χ3v) is 3.73. The van der Waals surface area contributed by atoms with Crippen molar-refractivity contribution in [1.29, 1.82) is 0 Å². The van der Waals surface area contributed by atoms with Crippen molar-refractivity contribution >= 4 is 11.8 Å². The molecule has 0 aromatic rings. The SMILES string of the molecule is C[C@@H]1CNC[C@H]1C(=O)NCC(=O)N1CCCC1. The summed E-state index contributed by atoms with van der Waals surface area (Å²) in [5, 5.41) is 5.95. The Morgan fingerprint density at radius 2 is 2.00 bits per heavy atom. The maximum absolute atomic E-state index is 11.9. The second-order valence-electron chi connectivity index (χ2n) is 5.05. The molecule has 2 amide bonds. The van der Waals surface area contributed by atoms with Gasteiger partial charge in [-0.3, -0.25) is 9.59 Å². The fourth-order valence-corrected chi connectivity index (χ4v) is 2.53. The van der Waals surface area contributed by atoms with Gasteiger partial charge in [-0.05, 0) is 25.3 Å². The molecular weight excluding hydrogens is 218 g/mol. The lowest BCUT2D eigenvalue weighted by atomic mass is 9.97. The zero-order valence-corrected chi connectivity index (χ0v) is 10.4. The van der Waals surface area contributed by atoms with E-state index in [2.05, 4.69) is 17.6 Å². The van der Waals surface area contributed by atoms with Crippen LogP contribution < -0.4 is 10.6 Å². The summed E-state index contributed by atoms with van der Waals surface area (Å²) in [7, 11) is 0. The van der Waals surface area contributed by atoms with Gasteiger partial charge in [0.1, 0.15) is 0 Å². The van der Waals surface area contributed by atoms with Gasteiger partial charge in [-0.15, -0.1) is 0 Å². The second-order valence-corrected chi connectivity index (χ2v) is 5.05. The van der Waals surface area contributed by atoms with Gasteiger partial charge in [0, 0.05) is 19.6 Å². The van der Waals surface area contributed by atoms with E-state index >= 15 is 0 Å². The first-order valence-corrected chi connectivity index (χ1v) is 6.44. The summed E-state index contributed by atoms with van der Waals surface area (Å²) in [6.45, 7) is 5.52. The van der Waals surface area contributed by atoms with Crippen molar-refractivity contribution < 1.29 is 9.59 Å². The minimum atomic E-state index is 0.00930. The lowest BCUT2D eigenvalue weighted by Gasteiger charge is -2.17. The van der Waals surface area contributed by atoms with Gasteiger partial charge in [-0.1, -0.05) is 6.92 Å². The molecule has 96 valence electrons. The van der Waals surface area contributed by atoms with E-state index in [1.54, 1.807) is 0 Å². The number of nitrogens with one attached hydrogen (secondary N) is 2. The Hall–Kier alpha value is -1.10. The Bertz CT molecular complexity index is 300. The highest BCUT2D eigenvalue weighted by Gasteiger charge is 2.30. The van der Waals surface area contributed by atoms with E-state index < -0.39 is 0 Å². The maximum atomic E-state index is 11.9. The Morgan fingerprint density at radius 3 is 2.59 bits per heavy atom. The van der Waals surface area contributed by atoms with E-state index in [0.29, 0.717) is 5.92 Å². The third-order valence-electron chi connectivity index (χ3n) is 3.73. The van der Waals surface area contributed by atoms with Gasteiger partial charge in [0.2, 0.25) is 11.8 Å². The molecule has 2 saturated heterocycles. The van der Waals surface area contributed by atoms with Crippen LogP contribution in [0.3, 0.4) is 0 Å². The van der Waals surface area contributed by atoms with E-state index in [-0.39, 0.29) is 24.3 Å². The molecule has 2 aliphatic rings. The van der Waals surface area contributed by atoms with Crippen LogP contribution in [0.1, 0.15) is 19.8 Å². The first-order valence-electron chi connectivity index (χ1n) is 6.44. The quantitative estimate of drug-likeness (QED) is 0.703. The first kappa shape index (κ1) is 12.4. The normalized spacial score (nSPS) is 28.4. The van der Waals surface area contributed by atoms with Crippen molar-refractivity contribution in [2.24, 2.45) is 11.8 Å². The Kier molecular flexibility index (Phi) is 3.99. The van der Waals surface area contributed by atoms with Gasteiger partial charge >= 0.3 is 0 Å². The molecule has 2 fully saturated rings. The standard InChI is InChI=1S/C12H21N3O2/c1-9-6-13-7-10(9)12(17)14-8-11(16)15-4-2-3-5-15/h9-10,13H,2-8H2,1H3,(H,14,17)/t9-,10-/m1/s1. The summed E-state index contributed by atoms with van der Waals surface area (Å²) in [4.78, 5) is 25.4. The largest absolute Gasteiger partial charge is 0.347 e. The summed E-state index contributed by atoms with van der Waals surface area (Å²) >= 11 is 0. The van der Waals surface area contributed by atoms with Crippen LogP contribution in [0, 0.1) is 11.8 Å². The maximum Gasteiger partial charge on any atom is 0.241 e. The topological polar surface area (TPSA) is 61.4 Å². The number of likely N-dealkylation sites (tertiary alicyclic amines) is 1. The molecule has 0 bridgehead atoms. The summed E-state index contributed by atoms with van der Waals surface area (Å²) < 4.78 is 0. The van der Waals surface area contributed by atoms with Crippen LogP contribution >= 0.6 is 0 Å². The molecule has 2 N–H and O–H groups in total. The van der Waals surface area contributed by atoms with E-state index in [4.69, 9.17) is 0 Å². The van der Waals surface area contributed by atoms with Crippen LogP contribution in [0.15, 0.2) is 0 Å². The Balaban J connectivity index is 1.73. The zero-order chi connectivity index (χ0) is 12.3. The lowest BCUT2D eigenvalue weighted by molar-refractivity contribution is -0.133. The van der Waals surface area contributed by atoms with E-state index in [1.807, 2.05) is 4.90 Å². The number of carbonyl (C=O) groups excluding carboxylic acids is 2. The molecule has 0 radical (unpaired) electrons. The lowest BCUT2D eigenvalue weighted by Crippen LogP contribution is -2.42. The highest BCUT2D eigenvalue weighted by atomic mass is 16.2. The smallest absolute Gasteiger partial charge is 0.241 e. The molecule has 2 aliphatic heterocycles. The molecular formula is C12H21N3O2. The molecule has 0 saturated carbocycles. The van der Waals surface area contributed by atoms with Crippen LogP contribution in [0.4, 0.5) is 0 Å². The minimum Gasteiger partial charge on any atom is -0.347 e. The van der Waals surface area contributed by atoms with Crippen LogP contribution in [0.2, 0.25) is 0 Å². The summed E-state index contributed by atoms with van der Waals surface area (Å²) in [5.74, 6) is 0.433. The monoisotopic (exact) mass is 239 g/mol.